The maximum absolute atomic E-state index is 13.3. The van der Waals surface area contributed by atoms with Crippen LogP contribution in [0.25, 0.3) is 5.76 Å². The van der Waals surface area contributed by atoms with E-state index in [-0.39, 0.29) is 16.7 Å². The Kier molecular flexibility index (Phi) is 8.85. The van der Waals surface area contributed by atoms with E-state index in [9.17, 15) is 14.7 Å². The summed E-state index contributed by atoms with van der Waals surface area (Å²) in [6.45, 7) is 13.7. The van der Waals surface area contributed by atoms with Crippen LogP contribution in [0, 0.1) is 0 Å². The monoisotopic (exact) mass is 512 g/mol. The van der Waals surface area contributed by atoms with E-state index < -0.39 is 17.7 Å². The fourth-order valence-electron chi connectivity index (χ4n) is 4.60. The van der Waals surface area contributed by atoms with E-state index in [0.717, 1.165) is 37.2 Å². The summed E-state index contributed by atoms with van der Waals surface area (Å²) in [5, 5.41) is 11.6. The molecule has 0 aliphatic carbocycles. The topological polar surface area (TPSA) is 70.1 Å². The summed E-state index contributed by atoms with van der Waals surface area (Å²) in [7, 11) is 1.51. The SMILES string of the molecule is CCN(CC)CCCN1C(=O)C(=O)C(=C(O)c2ccc(OC)c(Cl)c2)C1c1ccc(C(C)(C)C)cc1. The van der Waals surface area contributed by atoms with Crippen LogP contribution in [0.4, 0.5) is 0 Å². The van der Waals surface area contributed by atoms with Gasteiger partial charge in [0, 0.05) is 12.1 Å². The third-order valence-corrected chi connectivity index (χ3v) is 7.12. The van der Waals surface area contributed by atoms with Gasteiger partial charge in [-0.05, 0) is 60.8 Å². The first-order valence-corrected chi connectivity index (χ1v) is 12.9. The Morgan fingerprint density at radius 3 is 2.25 bits per heavy atom. The average molecular weight is 513 g/mol. The number of benzene rings is 2. The van der Waals surface area contributed by atoms with E-state index in [2.05, 4.69) is 39.5 Å². The van der Waals surface area contributed by atoms with E-state index >= 15 is 0 Å². The number of Topliss-reactive ketones (excluding diaryl/α,β-unsaturated/α-hetero) is 1. The van der Waals surface area contributed by atoms with Gasteiger partial charge in [-0.1, -0.05) is 70.5 Å². The second-order valence-corrected chi connectivity index (χ2v) is 10.5. The number of aliphatic hydroxyl groups excluding tert-OH is 1. The molecular weight excluding hydrogens is 476 g/mol. The quantitative estimate of drug-likeness (QED) is 0.261. The summed E-state index contributed by atoms with van der Waals surface area (Å²) < 4.78 is 5.21. The van der Waals surface area contributed by atoms with Gasteiger partial charge in [0.1, 0.15) is 11.5 Å². The Labute approximate surface area is 219 Å². The van der Waals surface area contributed by atoms with Crippen LogP contribution in [0.3, 0.4) is 0 Å². The Morgan fingerprint density at radius 1 is 1.08 bits per heavy atom. The number of carbonyl (C=O) groups is 2. The number of methoxy groups -OCH3 is 1. The maximum Gasteiger partial charge on any atom is 0.295 e. The standard InChI is InChI=1S/C29H37ClN2O4/c1-7-31(8-2)16-9-17-32-25(19-10-13-21(14-11-19)29(3,4)5)24(27(34)28(32)35)26(33)20-12-15-23(36-6)22(30)18-20/h10-15,18,25,33H,7-9,16-17H2,1-6H3. The van der Waals surface area contributed by atoms with Crippen LogP contribution in [-0.2, 0) is 15.0 Å². The highest BCUT2D eigenvalue weighted by molar-refractivity contribution is 6.46. The van der Waals surface area contributed by atoms with Crippen molar-refractivity contribution in [3.8, 4) is 5.75 Å². The van der Waals surface area contributed by atoms with Crippen LogP contribution in [0.2, 0.25) is 5.02 Å². The molecule has 0 saturated carbocycles. The van der Waals surface area contributed by atoms with Crippen LogP contribution in [0.5, 0.6) is 5.75 Å². The van der Waals surface area contributed by atoms with Crippen molar-refractivity contribution in [1.82, 2.24) is 9.80 Å². The highest BCUT2D eigenvalue weighted by atomic mass is 35.5. The number of ketones is 1. The number of halogens is 1. The first kappa shape index (κ1) is 27.8. The third-order valence-electron chi connectivity index (χ3n) is 6.83. The fraction of sp³-hybridized carbons (Fsp3) is 0.448. The number of carbonyl (C=O) groups excluding carboxylic acids is 2. The molecule has 0 spiro atoms. The molecule has 1 unspecified atom stereocenters. The molecule has 0 aromatic heterocycles. The fourth-order valence-corrected chi connectivity index (χ4v) is 4.85. The summed E-state index contributed by atoms with van der Waals surface area (Å²) in [6, 6.07) is 12.1. The van der Waals surface area contributed by atoms with Gasteiger partial charge in [-0.2, -0.15) is 0 Å². The molecule has 0 radical (unpaired) electrons. The first-order valence-electron chi connectivity index (χ1n) is 12.5. The largest absolute Gasteiger partial charge is 0.507 e. The van der Waals surface area contributed by atoms with Crippen LogP contribution in [-0.4, -0.2) is 59.9 Å². The van der Waals surface area contributed by atoms with Crippen LogP contribution in [0.15, 0.2) is 48.0 Å². The van der Waals surface area contributed by atoms with Crippen molar-refractivity contribution in [3.05, 3.63) is 69.8 Å². The minimum Gasteiger partial charge on any atom is -0.507 e. The normalized spacial score (nSPS) is 17.8. The highest BCUT2D eigenvalue weighted by Gasteiger charge is 2.45. The molecule has 1 aliphatic rings. The first-order chi connectivity index (χ1) is 17.0. The number of hydrogen-bond acceptors (Lipinski definition) is 5. The van der Waals surface area contributed by atoms with Crippen LogP contribution >= 0.6 is 11.6 Å². The number of nitrogens with zero attached hydrogens (tertiary/aromatic N) is 2. The van der Waals surface area contributed by atoms with Crippen molar-refractivity contribution in [3.63, 3.8) is 0 Å². The van der Waals surface area contributed by atoms with Crippen LogP contribution < -0.4 is 4.74 Å². The molecule has 1 amide bonds. The number of likely N-dealkylation sites (tertiary alicyclic amines) is 1. The zero-order chi connectivity index (χ0) is 26.6. The van der Waals surface area contributed by atoms with Gasteiger partial charge in [0.05, 0.1) is 23.7 Å². The number of aliphatic hydroxyl groups is 1. The Bertz CT molecular complexity index is 1130. The van der Waals surface area contributed by atoms with E-state index in [0.29, 0.717) is 22.9 Å². The Morgan fingerprint density at radius 2 is 1.72 bits per heavy atom. The van der Waals surface area contributed by atoms with E-state index in [1.165, 1.54) is 7.11 Å². The average Bonchev–Trinajstić information content (AvgIpc) is 3.10. The van der Waals surface area contributed by atoms with Crippen molar-refractivity contribution in [1.29, 1.82) is 0 Å². The number of rotatable bonds is 9. The van der Waals surface area contributed by atoms with Crippen molar-refractivity contribution < 1.29 is 19.4 Å². The van der Waals surface area contributed by atoms with Crippen molar-refractivity contribution >= 4 is 29.1 Å². The minimum absolute atomic E-state index is 0.0378. The van der Waals surface area contributed by atoms with E-state index in [1.54, 1.807) is 23.1 Å². The van der Waals surface area contributed by atoms with E-state index in [4.69, 9.17) is 16.3 Å². The van der Waals surface area contributed by atoms with Gasteiger partial charge in [-0.15, -0.1) is 0 Å². The molecule has 2 aromatic carbocycles. The highest BCUT2D eigenvalue weighted by Crippen LogP contribution is 2.41. The summed E-state index contributed by atoms with van der Waals surface area (Å²) in [5.41, 5.74) is 2.33. The summed E-state index contributed by atoms with van der Waals surface area (Å²) >= 11 is 6.29. The number of amides is 1. The van der Waals surface area contributed by atoms with Crippen molar-refractivity contribution in [2.24, 2.45) is 0 Å². The van der Waals surface area contributed by atoms with Gasteiger partial charge in [0.25, 0.3) is 11.7 Å². The molecule has 6 nitrogen and oxygen atoms in total. The zero-order valence-electron chi connectivity index (χ0n) is 22.1. The van der Waals surface area contributed by atoms with Gasteiger partial charge >= 0.3 is 0 Å². The lowest BCUT2D eigenvalue weighted by Crippen LogP contribution is -2.33. The lowest BCUT2D eigenvalue weighted by molar-refractivity contribution is -0.140. The third kappa shape index (κ3) is 5.76. The molecule has 3 rings (SSSR count). The Hall–Kier alpha value is -2.83. The smallest absolute Gasteiger partial charge is 0.295 e. The van der Waals surface area contributed by atoms with E-state index in [1.807, 2.05) is 24.3 Å². The molecule has 194 valence electrons. The molecule has 36 heavy (non-hydrogen) atoms. The number of hydrogen-bond donors (Lipinski definition) is 1. The lowest BCUT2D eigenvalue weighted by atomic mass is 9.85. The lowest BCUT2D eigenvalue weighted by Gasteiger charge is -2.27. The molecule has 1 fully saturated rings. The molecule has 7 heteroatoms. The molecule has 1 N–H and O–H groups in total. The second kappa shape index (κ2) is 11.5. The minimum atomic E-state index is -0.688. The molecule has 1 aliphatic heterocycles. The van der Waals surface area contributed by atoms with Gasteiger partial charge in [-0.25, -0.2) is 0 Å². The molecule has 1 heterocycles. The summed E-state index contributed by atoms with van der Waals surface area (Å²) in [5.74, 6) is -1.07. The van der Waals surface area contributed by atoms with Gasteiger partial charge < -0.3 is 19.6 Å². The predicted molar refractivity (Wildman–Crippen MR) is 145 cm³/mol. The molecular formula is C29H37ClN2O4. The zero-order valence-corrected chi connectivity index (χ0v) is 22.9. The van der Waals surface area contributed by atoms with Gasteiger partial charge in [-0.3, -0.25) is 9.59 Å². The Balaban J connectivity index is 2.08. The number of ether oxygens (including phenoxy) is 1. The molecule has 2 aromatic rings. The maximum atomic E-state index is 13.3. The van der Waals surface area contributed by atoms with Gasteiger partial charge in [0.15, 0.2) is 0 Å². The predicted octanol–water partition coefficient (Wildman–Crippen LogP) is 5.80. The molecule has 1 atom stereocenters. The molecule has 0 bridgehead atoms. The molecule has 1 saturated heterocycles. The van der Waals surface area contributed by atoms with Gasteiger partial charge in [0.2, 0.25) is 0 Å². The second-order valence-electron chi connectivity index (χ2n) is 10.1. The van der Waals surface area contributed by atoms with Crippen molar-refractivity contribution in [2.75, 3.05) is 33.3 Å². The van der Waals surface area contributed by atoms with Crippen LogP contribution in [0.1, 0.15) is 63.8 Å². The van der Waals surface area contributed by atoms with Crippen molar-refractivity contribution in [2.45, 2.75) is 52.5 Å². The summed E-state index contributed by atoms with van der Waals surface area (Å²) in [6.07, 6.45) is 0.722. The summed E-state index contributed by atoms with van der Waals surface area (Å²) in [4.78, 5) is 30.4.